The van der Waals surface area contributed by atoms with Crippen molar-refractivity contribution in [2.24, 2.45) is 0 Å². The van der Waals surface area contributed by atoms with Crippen LogP contribution in [0, 0.1) is 0 Å². The zero-order valence-electron chi connectivity index (χ0n) is 14.3. The van der Waals surface area contributed by atoms with Gasteiger partial charge in [0.1, 0.15) is 0 Å². The number of rotatable bonds is 6. The summed E-state index contributed by atoms with van der Waals surface area (Å²) in [6.45, 7) is 2.02. The lowest BCUT2D eigenvalue weighted by Gasteiger charge is -2.29. The molecule has 1 aromatic carbocycles. The predicted octanol–water partition coefficient (Wildman–Crippen LogP) is 3.03. The van der Waals surface area contributed by atoms with E-state index < -0.39 is 18.0 Å². The summed E-state index contributed by atoms with van der Waals surface area (Å²) in [5, 5.41) is 15.3. The molecule has 1 aliphatic heterocycles. The molecule has 0 spiro atoms. The van der Waals surface area contributed by atoms with Crippen LogP contribution in [0.1, 0.15) is 37.8 Å². The fourth-order valence-corrected chi connectivity index (χ4v) is 2.90. The molecule has 1 heterocycles. The van der Waals surface area contributed by atoms with Gasteiger partial charge in [0.15, 0.2) is 11.5 Å². The van der Waals surface area contributed by atoms with Gasteiger partial charge in [0.05, 0.1) is 30.9 Å². The molecule has 1 aromatic rings. The highest BCUT2D eigenvalue weighted by Crippen LogP contribution is 2.39. The Bertz CT molecular complexity index is 717. The smallest absolute Gasteiger partial charge is 0.337 e. The molecule has 0 aromatic heterocycles. The number of carbonyl (C=O) groups is 2. The molecule has 8 heteroatoms. The minimum Gasteiger partial charge on any atom is -0.503 e. The third kappa shape index (κ3) is 3.99. The maximum atomic E-state index is 12.4. The number of phenolic OH excluding ortho intramolecular Hbond substituents is 1. The van der Waals surface area contributed by atoms with Crippen LogP contribution in [0.25, 0.3) is 0 Å². The van der Waals surface area contributed by atoms with Crippen LogP contribution in [0.15, 0.2) is 23.4 Å². The zero-order chi connectivity index (χ0) is 18.6. The van der Waals surface area contributed by atoms with Gasteiger partial charge in [-0.25, -0.2) is 9.59 Å². The van der Waals surface area contributed by atoms with Gasteiger partial charge in [-0.3, -0.25) is 0 Å². The van der Waals surface area contributed by atoms with Crippen molar-refractivity contribution in [3.8, 4) is 11.5 Å². The molecule has 0 saturated carbocycles. The number of carbonyl (C=O) groups excluding carboxylic acids is 2. The number of hydrogen-bond donors (Lipinski definition) is 3. The predicted molar refractivity (Wildman–Crippen MR) is 92.6 cm³/mol. The monoisotopic (exact) mass is 368 g/mol. The van der Waals surface area contributed by atoms with Crippen molar-refractivity contribution in [2.45, 2.75) is 32.2 Å². The fourth-order valence-electron chi connectivity index (χ4n) is 2.69. The van der Waals surface area contributed by atoms with E-state index in [9.17, 15) is 14.7 Å². The minimum atomic E-state index is -0.764. The molecule has 1 atom stereocenters. The first-order valence-electron chi connectivity index (χ1n) is 7.88. The number of phenols is 1. The highest BCUT2D eigenvalue weighted by molar-refractivity contribution is 6.32. The quantitative estimate of drug-likeness (QED) is 0.670. The summed E-state index contributed by atoms with van der Waals surface area (Å²) >= 11 is 6.04. The molecule has 3 N–H and O–H groups in total. The van der Waals surface area contributed by atoms with Crippen molar-refractivity contribution in [3.63, 3.8) is 0 Å². The fraction of sp³-hybridized carbons (Fsp3) is 0.412. The maximum Gasteiger partial charge on any atom is 0.337 e. The summed E-state index contributed by atoms with van der Waals surface area (Å²) in [4.78, 5) is 24.4. The summed E-state index contributed by atoms with van der Waals surface area (Å²) in [7, 11) is 2.67. The molecular formula is C17H21ClN2O5. The van der Waals surface area contributed by atoms with E-state index in [4.69, 9.17) is 21.1 Å². The van der Waals surface area contributed by atoms with E-state index in [0.717, 1.165) is 12.8 Å². The topological polar surface area (TPSA) is 96.9 Å². The van der Waals surface area contributed by atoms with Gasteiger partial charge < -0.3 is 25.2 Å². The Morgan fingerprint density at radius 2 is 2.08 bits per heavy atom. The van der Waals surface area contributed by atoms with Crippen LogP contribution in [0.5, 0.6) is 11.5 Å². The van der Waals surface area contributed by atoms with Crippen LogP contribution in [0.4, 0.5) is 4.79 Å². The number of aromatic hydroxyl groups is 1. The Labute approximate surface area is 150 Å². The van der Waals surface area contributed by atoms with Crippen LogP contribution >= 0.6 is 11.6 Å². The van der Waals surface area contributed by atoms with E-state index in [-0.39, 0.29) is 16.5 Å². The lowest BCUT2D eigenvalue weighted by atomic mass is 9.93. The summed E-state index contributed by atoms with van der Waals surface area (Å²) in [5.41, 5.74) is 1.33. The molecule has 136 valence electrons. The molecule has 1 aliphatic rings. The van der Waals surface area contributed by atoms with Gasteiger partial charge in [0, 0.05) is 5.70 Å². The number of esters is 1. The number of urea groups is 1. The van der Waals surface area contributed by atoms with Crippen molar-refractivity contribution in [2.75, 3.05) is 14.2 Å². The van der Waals surface area contributed by atoms with Crippen LogP contribution < -0.4 is 15.4 Å². The third-order valence-corrected chi connectivity index (χ3v) is 4.23. The van der Waals surface area contributed by atoms with Gasteiger partial charge in [-0.05, 0) is 30.5 Å². The first-order valence-corrected chi connectivity index (χ1v) is 8.25. The van der Waals surface area contributed by atoms with E-state index >= 15 is 0 Å². The van der Waals surface area contributed by atoms with E-state index in [1.165, 1.54) is 26.4 Å². The van der Waals surface area contributed by atoms with Gasteiger partial charge in [0.2, 0.25) is 0 Å². The largest absolute Gasteiger partial charge is 0.503 e. The molecule has 1 unspecified atom stereocenters. The Kier molecular flexibility index (Phi) is 6.14. The highest BCUT2D eigenvalue weighted by Gasteiger charge is 2.34. The van der Waals surface area contributed by atoms with Gasteiger partial charge in [-0.15, -0.1) is 0 Å². The Hall–Kier alpha value is -2.41. The Morgan fingerprint density at radius 3 is 2.68 bits per heavy atom. The number of halogens is 1. The van der Waals surface area contributed by atoms with E-state index in [2.05, 4.69) is 10.6 Å². The number of nitrogens with one attached hydrogen (secondary N) is 2. The second kappa shape index (κ2) is 8.11. The summed E-state index contributed by atoms with van der Waals surface area (Å²) < 4.78 is 10.00. The average molecular weight is 369 g/mol. The lowest BCUT2D eigenvalue weighted by molar-refractivity contribution is -0.136. The molecular weight excluding hydrogens is 348 g/mol. The number of methoxy groups -OCH3 is 2. The number of allylic oxidation sites excluding steroid dienone is 1. The number of ether oxygens (including phenoxy) is 2. The number of benzene rings is 1. The Morgan fingerprint density at radius 1 is 1.36 bits per heavy atom. The van der Waals surface area contributed by atoms with E-state index in [1.807, 2.05) is 6.92 Å². The van der Waals surface area contributed by atoms with Gasteiger partial charge in [0.25, 0.3) is 0 Å². The summed E-state index contributed by atoms with van der Waals surface area (Å²) in [6.07, 6.45) is 2.25. The van der Waals surface area contributed by atoms with Crippen LogP contribution in [0.2, 0.25) is 5.02 Å². The van der Waals surface area contributed by atoms with E-state index in [0.29, 0.717) is 23.3 Å². The molecule has 25 heavy (non-hydrogen) atoms. The van der Waals surface area contributed by atoms with Crippen molar-refractivity contribution < 1.29 is 24.2 Å². The molecule has 0 bridgehead atoms. The first-order chi connectivity index (χ1) is 11.9. The minimum absolute atomic E-state index is 0.0569. The second-order valence-corrected chi connectivity index (χ2v) is 5.98. The standard InChI is InChI=1S/C17H21ClN2O5/c1-4-5-6-11-13(16(22)25-3)14(20-17(23)19-11)9-7-10(18)15(21)12(8-9)24-2/h7-8,14,21H,4-6H2,1-3H3,(H2,19,20,23). The normalized spacial score (nSPS) is 17.0. The van der Waals surface area contributed by atoms with Crippen molar-refractivity contribution in [3.05, 3.63) is 34.0 Å². The second-order valence-electron chi connectivity index (χ2n) is 5.57. The molecule has 0 radical (unpaired) electrons. The molecule has 2 amide bonds. The van der Waals surface area contributed by atoms with E-state index in [1.54, 1.807) is 0 Å². The third-order valence-electron chi connectivity index (χ3n) is 3.94. The molecule has 0 aliphatic carbocycles. The lowest BCUT2D eigenvalue weighted by Crippen LogP contribution is -2.45. The van der Waals surface area contributed by atoms with Crippen LogP contribution in [-0.4, -0.2) is 31.3 Å². The number of amides is 2. The van der Waals surface area contributed by atoms with Crippen molar-refractivity contribution in [1.29, 1.82) is 0 Å². The van der Waals surface area contributed by atoms with Gasteiger partial charge >= 0.3 is 12.0 Å². The summed E-state index contributed by atoms with van der Waals surface area (Å²) in [6, 6.07) is 1.82. The zero-order valence-corrected chi connectivity index (χ0v) is 15.1. The molecule has 2 rings (SSSR count). The molecule has 0 fully saturated rings. The number of unbranched alkanes of at least 4 members (excludes halogenated alkanes) is 1. The highest BCUT2D eigenvalue weighted by atomic mass is 35.5. The molecule has 7 nitrogen and oxygen atoms in total. The Balaban J connectivity index is 2.57. The van der Waals surface area contributed by atoms with Gasteiger partial charge in [-0.1, -0.05) is 24.9 Å². The average Bonchev–Trinajstić information content (AvgIpc) is 2.60. The summed E-state index contributed by atoms with van der Waals surface area (Å²) in [5.74, 6) is -0.607. The maximum absolute atomic E-state index is 12.4. The molecule has 0 saturated heterocycles. The number of hydrogen-bond acceptors (Lipinski definition) is 5. The van der Waals surface area contributed by atoms with Crippen molar-refractivity contribution in [1.82, 2.24) is 10.6 Å². The van der Waals surface area contributed by atoms with Crippen molar-refractivity contribution >= 4 is 23.6 Å². The van der Waals surface area contributed by atoms with Crippen LogP contribution in [-0.2, 0) is 9.53 Å². The SMILES string of the molecule is CCCCC1=C(C(=O)OC)C(c2cc(Cl)c(O)c(OC)c2)NC(=O)N1. The van der Waals surface area contributed by atoms with Crippen LogP contribution in [0.3, 0.4) is 0 Å². The van der Waals surface area contributed by atoms with Gasteiger partial charge in [-0.2, -0.15) is 0 Å². The first kappa shape index (κ1) is 18.9.